The first kappa shape index (κ1) is 27.2. The van der Waals surface area contributed by atoms with Crippen LogP contribution in [0.25, 0.3) is 10.9 Å². The summed E-state index contributed by atoms with van der Waals surface area (Å²) >= 11 is 6.74. The molecule has 3 aromatic heterocycles. The molecule has 0 bridgehead atoms. The summed E-state index contributed by atoms with van der Waals surface area (Å²) in [5.74, 6) is -0.646. The highest BCUT2D eigenvalue weighted by molar-refractivity contribution is 6.36. The number of hydrogen-bond acceptors (Lipinski definition) is 8. The number of hydrogen-bond donors (Lipinski definition) is 2. The fraction of sp³-hybridized carbons (Fsp3) is 0.200. The Kier molecular flexibility index (Phi) is 7.19. The van der Waals surface area contributed by atoms with Crippen molar-refractivity contribution in [3.8, 4) is 12.1 Å². The maximum absolute atomic E-state index is 13.8. The summed E-state index contributed by atoms with van der Waals surface area (Å²) in [4.78, 5) is 8.24. The third-order valence-corrected chi connectivity index (χ3v) is 7.51. The number of nitriles is 2. The van der Waals surface area contributed by atoms with Gasteiger partial charge in [0.25, 0.3) is 0 Å². The average molecular weight is 574 g/mol. The minimum Gasteiger partial charge on any atom is -0.378 e. The molecule has 0 saturated heterocycles. The van der Waals surface area contributed by atoms with E-state index in [2.05, 4.69) is 43.1 Å². The average Bonchev–Trinajstić information content (AvgIpc) is 3.73. The Morgan fingerprint density at radius 3 is 2.62 bits per heavy atom. The molecule has 5 aromatic rings. The van der Waals surface area contributed by atoms with E-state index in [1.807, 2.05) is 30.3 Å². The molecular weight excluding hydrogens is 552 g/mol. The lowest BCUT2D eigenvalue weighted by Crippen LogP contribution is -2.38. The second-order valence-corrected chi connectivity index (χ2v) is 10.5. The van der Waals surface area contributed by atoms with Gasteiger partial charge in [0.1, 0.15) is 19.6 Å². The zero-order valence-corrected chi connectivity index (χ0v) is 22.9. The first-order chi connectivity index (χ1) is 20.4. The van der Waals surface area contributed by atoms with E-state index in [1.54, 1.807) is 23.0 Å². The molecule has 0 amide bonds. The van der Waals surface area contributed by atoms with Gasteiger partial charge in [-0.2, -0.15) is 14.9 Å². The Hall–Kier alpha value is -5.00. The molecule has 42 heavy (non-hydrogen) atoms. The Labute approximate surface area is 247 Å². The molecule has 2 aromatic carbocycles. The minimum absolute atomic E-state index is 0.157. The van der Waals surface area contributed by atoms with E-state index in [4.69, 9.17) is 19.4 Å². The monoisotopic (exact) mass is 573 g/mol. The van der Waals surface area contributed by atoms with Crippen molar-refractivity contribution in [2.24, 2.45) is 0 Å². The van der Waals surface area contributed by atoms with Crippen LogP contribution in [0.1, 0.15) is 53.7 Å². The van der Waals surface area contributed by atoms with E-state index >= 15 is 0 Å². The highest BCUT2D eigenvalue weighted by Crippen LogP contribution is 2.39. The van der Waals surface area contributed by atoms with Gasteiger partial charge in [0.15, 0.2) is 0 Å². The van der Waals surface area contributed by atoms with Gasteiger partial charge in [-0.25, -0.2) is 9.67 Å². The summed E-state index contributed by atoms with van der Waals surface area (Å²) in [6, 6.07) is 20.0. The van der Waals surface area contributed by atoms with Crippen molar-refractivity contribution in [1.82, 2.24) is 25.0 Å². The smallest absolute Gasteiger partial charge is 0.212 e. The van der Waals surface area contributed by atoms with Gasteiger partial charge < -0.3 is 10.6 Å². The quantitative estimate of drug-likeness (QED) is 0.168. The van der Waals surface area contributed by atoms with Crippen molar-refractivity contribution in [3.05, 3.63) is 107 Å². The number of rotatable bonds is 9. The van der Waals surface area contributed by atoms with Gasteiger partial charge in [-0.1, -0.05) is 53.2 Å². The minimum atomic E-state index is -1.47. The zero-order valence-electron chi connectivity index (χ0n) is 22.2. The number of pyridine rings is 2. The van der Waals surface area contributed by atoms with Crippen LogP contribution in [0.2, 0.25) is 5.02 Å². The van der Waals surface area contributed by atoms with Crippen LogP contribution in [0.4, 0.5) is 15.8 Å². The third kappa shape index (κ3) is 5.23. The standard InChI is InChI=1S/C30H22BClFN9/c31-30(20-6-9-27(33)36-16-20,26-17-42(41-40-26)22-7-8-22)39-21-12-23-28(19(14-35)15-37-29(23)24(32)13-21)38-25(10-11-34)18-4-2-1-3-5-18/h1-6,9,12-13,15-17,22,25,39H,7-8,10H2,(H,37,38)/t25-,30?/m0/s1. The number of nitrogens with zero attached hydrogens (tertiary/aromatic N) is 7. The van der Waals surface area contributed by atoms with Crippen molar-refractivity contribution in [1.29, 1.82) is 10.5 Å². The van der Waals surface area contributed by atoms with Gasteiger partial charge in [0, 0.05) is 23.5 Å². The van der Waals surface area contributed by atoms with Crippen molar-refractivity contribution < 1.29 is 4.39 Å². The molecule has 3 heterocycles. The number of aromatic nitrogens is 5. The second-order valence-electron chi connectivity index (χ2n) is 10.1. The molecule has 1 aliphatic carbocycles. The number of halogens is 2. The Balaban J connectivity index is 1.46. The molecule has 0 aliphatic heterocycles. The van der Waals surface area contributed by atoms with Crippen molar-refractivity contribution in [2.75, 3.05) is 10.6 Å². The van der Waals surface area contributed by atoms with Crippen LogP contribution in [0, 0.1) is 28.6 Å². The highest BCUT2D eigenvalue weighted by atomic mass is 35.5. The Morgan fingerprint density at radius 2 is 1.93 bits per heavy atom. The van der Waals surface area contributed by atoms with Crippen molar-refractivity contribution >= 4 is 41.7 Å². The van der Waals surface area contributed by atoms with E-state index in [0.29, 0.717) is 38.6 Å². The van der Waals surface area contributed by atoms with E-state index in [1.165, 1.54) is 24.5 Å². The lowest BCUT2D eigenvalue weighted by molar-refractivity contribution is 0.580. The number of nitrogens with one attached hydrogen (secondary N) is 2. The maximum Gasteiger partial charge on any atom is 0.212 e. The van der Waals surface area contributed by atoms with Gasteiger partial charge in [-0.3, -0.25) is 4.98 Å². The zero-order chi connectivity index (χ0) is 29.3. The summed E-state index contributed by atoms with van der Waals surface area (Å²) in [6.07, 6.45) is 6.73. The van der Waals surface area contributed by atoms with Crippen LogP contribution >= 0.6 is 11.6 Å². The first-order valence-electron chi connectivity index (χ1n) is 13.2. The van der Waals surface area contributed by atoms with Crippen LogP contribution in [0.15, 0.2) is 73.2 Å². The predicted molar refractivity (Wildman–Crippen MR) is 157 cm³/mol. The molecule has 1 saturated carbocycles. The molecule has 1 unspecified atom stereocenters. The van der Waals surface area contributed by atoms with Crippen LogP contribution < -0.4 is 10.6 Å². The summed E-state index contributed by atoms with van der Waals surface area (Å²) in [7, 11) is 6.99. The molecule has 2 atom stereocenters. The summed E-state index contributed by atoms with van der Waals surface area (Å²) in [5, 5.41) is 35.7. The molecule has 1 aliphatic rings. The summed E-state index contributed by atoms with van der Waals surface area (Å²) < 4.78 is 15.5. The number of anilines is 2. The normalized spacial score (nSPS) is 14.9. The van der Waals surface area contributed by atoms with Crippen LogP contribution in [-0.4, -0.2) is 32.8 Å². The molecule has 0 spiro atoms. The van der Waals surface area contributed by atoms with Gasteiger partial charge in [0.05, 0.1) is 58.0 Å². The molecule has 2 N–H and O–H groups in total. The summed E-state index contributed by atoms with van der Waals surface area (Å²) in [5.41, 5.74) is 1.97. The molecule has 2 radical (unpaired) electrons. The lowest BCUT2D eigenvalue weighted by Gasteiger charge is -2.31. The maximum atomic E-state index is 13.8. The van der Waals surface area contributed by atoms with E-state index in [-0.39, 0.29) is 18.0 Å². The molecule has 6 rings (SSSR count). The highest BCUT2D eigenvalue weighted by Gasteiger charge is 2.34. The Morgan fingerprint density at radius 1 is 1.12 bits per heavy atom. The van der Waals surface area contributed by atoms with Crippen molar-refractivity contribution in [3.63, 3.8) is 0 Å². The fourth-order valence-corrected chi connectivity index (χ4v) is 5.14. The van der Waals surface area contributed by atoms with Gasteiger partial charge in [-0.05, 0) is 42.2 Å². The van der Waals surface area contributed by atoms with E-state index in [0.717, 1.165) is 18.4 Å². The molecule has 1 fully saturated rings. The Bertz CT molecular complexity index is 1850. The van der Waals surface area contributed by atoms with Crippen molar-refractivity contribution in [2.45, 2.75) is 36.8 Å². The topological polar surface area (TPSA) is 128 Å². The summed E-state index contributed by atoms with van der Waals surface area (Å²) in [6.45, 7) is 0. The predicted octanol–water partition coefficient (Wildman–Crippen LogP) is 5.77. The van der Waals surface area contributed by atoms with E-state index in [9.17, 15) is 14.9 Å². The first-order valence-corrected chi connectivity index (χ1v) is 13.6. The second kappa shape index (κ2) is 11.1. The van der Waals surface area contributed by atoms with E-state index < -0.39 is 17.4 Å². The van der Waals surface area contributed by atoms with Gasteiger partial charge in [-0.15, -0.1) is 5.10 Å². The third-order valence-electron chi connectivity index (χ3n) is 7.22. The van der Waals surface area contributed by atoms with Gasteiger partial charge in [0.2, 0.25) is 5.95 Å². The molecule has 9 nitrogen and oxygen atoms in total. The number of fused-ring (bicyclic) bond motifs is 1. The fourth-order valence-electron chi connectivity index (χ4n) is 4.87. The molecule has 12 heteroatoms. The SMILES string of the molecule is [B]C(Nc1cc(Cl)c2ncc(C#N)c(N[C@@H](CC#N)c3ccccc3)c2c1)(c1ccc(F)nc1)c1cn(C2CC2)nn1. The van der Waals surface area contributed by atoms with Crippen LogP contribution in [-0.2, 0) is 5.44 Å². The van der Waals surface area contributed by atoms with Crippen LogP contribution in [0.3, 0.4) is 0 Å². The van der Waals surface area contributed by atoms with Crippen LogP contribution in [0.5, 0.6) is 0 Å². The lowest BCUT2D eigenvalue weighted by atomic mass is 9.70. The number of benzene rings is 2. The largest absolute Gasteiger partial charge is 0.378 e. The van der Waals surface area contributed by atoms with Gasteiger partial charge >= 0.3 is 0 Å². The molecular formula is C30H22BClFN9. The molecule has 204 valence electrons.